The predicted octanol–water partition coefficient (Wildman–Crippen LogP) is 12.5. The van der Waals surface area contributed by atoms with Crippen LogP contribution in [0.1, 0.15) is 207 Å². The summed E-state index contributed by atoms with van der Waals surface area (Å²) in [7, 11) is 2.19. The average Bonchev–Trinajstić information content (AvgIpc) is 3.30. The summed E-state index contributed by atoms with van der Waals surface area (Å²) in [5.41, 5.74) is 1.70. The lowest BCUT2D eigenvalue weighted by Gasteiger charge is -2.56. The number of piperazine rings is 1. The summed E-state index contributed by atoms with van der Waals surface area (Å²) in [5.74, 6) is 1.85. The van der Waals surface area contributed by atoms with Crippen LogP contribution in [0.4, 0.5) is 0 Å². The lowest BCUT2D eigenvalue weighted by Crippen LogP contribution is -2.59. The molecular formula is C63H130N6O5. The average molecular weight is 1050 g/mol. The highest BCUT2D eigenvalue weighted by molar-refractivity contribution is 5.00. The van der Waals surface area contributed by atoms with Gasteiger partial charge in [-0.15, -0.1) is 0 Å². The first-order valence-electron chi connectivity index (χ1n) is 31.4. The fraction of sp³-hybridized carbons (Fsp3) is 1.00. The van der Waals surface area contributed by atoms with Gasteiger partial charge in [0.05, 0.1) is 30.5 Å². The Balaban J connectivity index is 0.000000317. The molecule has 1 aliphatic carbocycles. The van der Waals surface area contributed by atoms with Crippen molar-refractivity contribution in [2.24, 2.45) is 22.7 Å². The van der Waals surface area contributed by atoms with E-state index in [-0.39, 0.29) is 0 Å². The van der Waals surface area contributed by atoms with E-state index in [1.165, 1.54) is 201 Å². The van der Waals surface area contributed by atoms with E-state index in [1.807, 2.05) is 0 Å². The number of rotatable bonds is 25. The van der Waals surface area contributed by atoms with Crippen molar-refractivity contribution in [1.29, 1.82) is 0 Å². The van der Waals surface area contributed by atoms with E-state index >= 15 is 0 Å². The zero-order chi connectivity index (χ0) is 55.0. The van der Waals surface area contributed by atoms with E-state index in [9.17, 15) is 0 Å². The molecule has 0 aromatic rings. The van der Waals surface area contributed by atoms with Crippen molar-refractivity contribution in [2.45, 2.75) is 243 Å². The molecule has 11 heteroatoms. The van der Waals surface area contributed by atoms with Gasteiger partial charge < -0.3 is 48.2 Å². The first-order chi connectivity index (χ1) is 35.0. The van der Waals surface area contributed by atoms with Gasteiger partial charge in [0.2, 0.25) is 0 Å². The molecular weight excluding hydrogens is 921 g/mol. The van der Waals surface area contributed by atoms with Crippen LogP contribution >= 0.6 is 0 Å². The molecule has 0 amide bonds. The second-order valence-electron chi connectivity index (χ2n) is 26.8. The molecule has 0 aromatic heterocycles. The Morgan fingerprint density at radius 2 is 0.797 bits per heavy atom. The fourth-order valence-corrected chi connectivity index (χ4v) is 11.2. The number of likely N-dealkylation sites (tertiary alicyclic amines) is 4. The number of hydrogen-bond donors (Lipinski definition) is 0. The van der Waals surface area contributed by atoms with Gasteiger partial charge >= 0.3 is 0 Å². The van der Waals surface area contributed by atoms with Gasteiger partial charge in [-0.05, 0) is 229 Å². The van der Waals surface area contributed by atoms with E-state index in [0.717, 1.165) is 50.3 Å². The molecule has 5 aliphatic heterocycles. The first kappa shape index (κ1) is 69.7. The van der Waals surface area contributed by atoms with E-state index in [2.05, 4.69) is 147 Å². The topological polar surface area (TPSA) is 65.6 Å². The standard InChI is InChI=1S/C15H31NO.C13H27NO.C12H23NO.C12H25NO.C11H24N2O/c1-13(2)17-12-6-9-16-10-7-14(8-11-16)15(3,4)5;1-12(2)15-11-7-10-14-9-6-5-8-13(14,3)4;1-11(2)14-8-4-7-13-9-12(10-13)5-3-6-12;1-11(2)14-10-4-7-13-8-5-12(3)6-9-13;1-11(2)14-10-4-5-13-8-6-12(3)7-9-13/h13-14H,6-12H2,1-5H3;12H,5-11H2,1-4H3;11H,3-10H2,1-2H3;11-12H,4-10H2,1-3H3;11H,4-10H2,1-3H3. The number of likely N-dealkylation sites (N-methyl/N-ethyl adjacent to an activating group) is 1. The second-order valence-corrected chi connectivity index (χ2v) is 26.8. The van der Waals surface area contributed by atoms with Crippen LogP contribution in [0.25, 0.3) is 0 Å². The van der Waals surface area contributed by atoms with Crippen molar-refractivity contribution in [1.82, 2.24) is 29.4 Å². The monoisotopic (exact) mass is 1050 g/mol. The normalized spacial score (nSPS) is 21.6. The summed E-state index contributed by atoms with van der Waals surface area (Å²) in [6, 6.07) is 0. The van der Waals surface area contributed by atoms with Crippen molar-refractivity contribution in [2.75, 3.05) is 145 Å². The van der Waals surface area contributed by atoms with E-state index < -0.39 is 0 Å². The van der Waals surface area contributed by atoms with Gasteiger partial charge in [-0.3, -0.25) is 4.90 Å². The molecule has 6 rings (SSSR count). The minimum atomic E-state index is 0.374. The van der Waals surface area contributed by atoms with Gasteiger partial charge in [0.15, 0.2) is 0 Å². The summed E-state index contributed by atoms with van der Waals surface area (Å²) in [5, 5.41) is 0. The molecule has 5 heterocycles. The van der Waals surface area contributed by atoms with Crippen LogP contribution in [0.15, 0.2) is 0 Å². The van der Waals surface area contributed by atoms with Gasteiger partial charge in [-0.2, -0.15) is 0 Å². The molecule has 6 aliphatic rings. The molecule has 5 saturated heterocycles. The number of hydrogen-bond acceptors (Lipinski definition) is 11. The largest absolute Gasteiger partial charge is 0.379 e. The quantitative estimate of drug-likeness (QED) is 0.0822. The van der Waals surface area contributed by atoms with Crippen LogP contribution in [0.5, 0.6) is 0 Å². The Bertz CT molecular complexity index is 1260. The van der Waals surface area contributed by atoms with E-state index in [4.69, 9.17) is 23.7 Å². The molecule has 0 N–H and O–H groups in total. The Morgan fingerprint density at radius 3 is 1.15 bits per heavy atom. The highest BCUT2D eigenvalue weighted by Crippen LogP contribution is 2.48. The summed E-state index contributed by atoms with van der Waals surface area (Å²) in [4.78, 5) is 15.3. The predicted molar refractivity (Wildman–Crippen MR) is 318 cm³/mol. The van der Waals surface area contributed by atoms with Gasteiger partial charge in [-0.1, -0.05) is 40.5 Å². The molecule has 0 bridgehead atoms. The lowest BCUT2D eigenvalue weighted by molar-refractivity contribution is -0.0634. The van der Waals surface area contributed by atoms with Crippen molar-refractivity contribution >= 4 is 0 Å². The third kappa shape index (κ3) is 33.9. The zero-order valence-electron chi connectivity index (χ0n) is 52.7. The van der Waals surface area contributed by atoms with Crippen molar-refractivity contribution < 1.29 is 23.7 Å². The fourth-order valence-electron chi connectivity index (χ4n) is 11.2. The summed E-state index contributed by atoms with van der Waals surface area (Å²) < 4.78 is 27.7. The molecule has 0 atom stereocenters. The molecule has 442 valence electrons. The Morgan fingerprint density at radius 1 is 0.432 bits per heavy atom. The minimum absolute atomic E-state index is 0.374. The molecule has 0 radical (unpaired) electrons. The Hall–Kier alpha value is -0.440. The lowest BCUT2D eigenvalue weighted by atomic mass is 9.63. The SMILES string of the molecule is CC(C)OCCCN1CC2(CCC2)C1.CC(C)OCCCN1CCC(C(C)(C)C)CC1.CC(C)OCCCN1CCCCC1(C)C.CC(C)OCCCN1CCN(C)CC1.CC1CCN(CCCOC(C)C)CC1. The summed E-state index contributed by atoms with van der Waals surface area (Å²) in [6.07, 6.45) is 21.9. The Labute approximate surface area is 461 Å². The van der Waals surface area contributed by atoms with Crippen LogP contribution < -0.4 is 0 Å². The molecule has 74 heavy (non-hydrogen) atoms. The molecule has 6 fully saturated rings. The maximum Gasteiger partial charge on any atom is 0.0518 e. The van der Waals surface area contributed by atoms with Gasteiger partial charge in [0.25, 0.3) is 0 Å². The van der Waals surface area contributed by atoms with E-state index in [0.29, 0.717) is 41.5 Å². The van der Waals surface area contributed by atoms with Crippen molar-refractivity contribution in [3.05, 3.63) is 0 Å². The van der Waals surface area contributed by atoms with Crippen LogP contribution in [-0.2, 0) is 23.7 Å². The maximum absolute atomic E-state index is 5.58. The molecule has 0 unspecified atom stereocenters. The third-order valence-corrected chi connectivity index (χ3v) is 16.4. The van der Waals surface area contributed by atoms with Crippen LogP contribution in [0, 0.1) is 22.7 Å². The highest BCUT2D eigenvalue weighted by atomic mass is 16.5. The van der Waals surface area contributed by atoms with Crippen LogP contribution in [-0.4, -0.2) is 210 Å². The molecule has 1 spiro atoms. The molecule has 11 nitrogen and oxygen atoms in total. The Kier molecular flexibility index (Phi) is 36.8. The first-order valence-corrected chi connectivity index (χ1v) is 31.4. The summed E-state index contributed by atoms with van der Waals surface area (Å²) >= 11 is 0. The molecule has 0 aromatic carbocycles. The van der Waals surface area contributed by atoms with E-state index in [1.54, 1.807) is 0 Å². The number of nitrogens with zero attached hydrogens (tertiary/aromatic N) is 6. The number of piperidine rings is 3. The van der Waals surface area contributed by atoms with Crippen LogP contribution in [0.3, 0.4) is 0 Å². The van der Waals surface area contributed by atoms with Crippen molar-refractivity contribution in [3.8, 4) is 0 Å². The third-order valence-electron chi connectivity index (χ3n) is 16.4. The van der Waals surface area contributed by atoms with Crippen LogP contribution in [0.2, 0.25) is 0 Å². The second kappa shape index (κ2) is 39.0. The van der Waals surface area contributed by atoms with Gasteiger partial charge in [0, 0.05) is 111 Å². The maximum atomic E-state index is 5.58. The van der Waals surface area contributed by atoms with Crippen molar-refractivity contribution in [3.63, 3.8) is 0 Å². The number of ether oxygens (including phenoxy) is 5. The summed E-state index contributed by atoms with van der Waals surface area (Å²) in [6.45, 7) is 59.9. The molecule has 1 saturated carbocycles. The van der Waals surface area contributed by atoms with Gasteiger partial charge in [-0.25, -0.2) is 0 Å². The van der Waals surface area contributed by atoms with Gasteiger partial charge in [0.1, 0.15) is 0 Å². The minimum Gasteiger partial charge on any atom is -0.379 e. The highest BCUT2D eigenvalue weighted by Gasteiger charge is 2.46. The zero-order valence-corrected chi connectivity index (χ0v) is 52.7. The smallest absolute Gasteiger partial charge is 0.0518 e.